The van der Waals surface area contributed by atoms with Crippen LogP contribution >= 0.6 is 0 Å². The van der Waals surface area contributed by atoms with Crippen LogP contribution in [0.5, 0.6) is 0 Å². The summed E-state index contributed by atoms with van der Waals surface area (Å²) >= 11 is 0. The molecule has 4 amide bonds. The maximum Gasteiger partial charge on any atom is 0.322 e. The molecular formula is C24H34N4O3. The quantitative estimate of drug-likeness (QED) is 0.734. The van der Waals surface area contributed by atoms with E-state index in [1.807, 2.05) is 59.7 Å². The van der Waals surface area contributed by atoms with E-state index < -0.39 is 12.1 Å². The van der Waals surface area contributed by atoms with Crippen LogP contribution in [-0.2, 0) is 9.59 Å². The first-order valence-electron chi connectivity index (χ1n) is 11.0. The van der Waals surface area contributed by atoms with Crippen molar-refractivity contribution >= 4 is 17.8 Å². The number of rotatable bonds is 6. The van der Waals surface area contributed by atoms with Crippen molar-refractivity contribution in [3.05, 3.63) is 46.2 Å². The van der Waals surface area contributed by atoms with Gasteiger partial charge in [-0.3, -0.25) is 14.5 Å². The van der Waals surface area contributed by atoms with Crippen molar-refractivity contribution in [2.75, 3.05) is 20.1 Å². The summed E-state index contributed by atoms with van der Waals surface area (Å²) in [6.45, 7) is 12.8. The van der Waals surface area contributed by atoms with E-state index in [-0.39, 0.29) is 30.3 Å². The van der Waals surface area contributed by atoms with Crippen LogP contribution in [0.1, 0.15) is 50.4 Å². The van der Waals surface area contributed by atoms with Crippen molar-refractivity contribution in [1.29, 1.82) is 0 Å². The summed E-state index contributed by atoms with van der Waals surface area (Å²) in [7, 11) is 1.67. The van der Waals surface area contributed by atoms with Gasteiger partial charge in [0.2, 0.25) is 5.91 Å². The van der Waals surface area contributed by atoms with Crippen molar-refractivity contribution in [2.24, 2.45) is 11.8 Å². The molecule has 2 N–H and O–H groups in total. The van der Waals surface area contributed by atoms with E-state index >= 15 is 0 Å². The summed E-state index contributed by atoms with van der Waals surface area (Å²) in [6, 6.07) is 4.64. The maximum atomic E-state index is 13.7. The maximum absolute atomic E-state index is 13.7. The van der Waals surface area contributed by atoms with Gasteiger partial charge in [-0.05, 0) is 36.8 Å². The second-order valence-electron chi connectivity index (χ2n) is 9.42. The molecule has 2 heterocycles. The predicted molar refractivity (Wildman–Crippen MR) is 120 cm³/mol. The Hall–Kier alpha value is -2.83. The van der Waals surface area contributed by atoms with Gasteiger partial charge in [-0.2, -0.15) is 0 Å². The van der Waals surface area contributed by atoms with Gasteiger partial charge in [0, 0.05) is 13.6 Å². The first kappa shape index (κ1) is 22.8. The fourth-order valence-corrected chi connectivity index (χ4v) is 4.41. The molecule has 0 spiro atoms. The molecule has 7 nitrogen and oxygen atoms in total. The molecule has 0 unspecified atom stereocenters. The van der Waals surface area contributed by atoms with E-state index in [1.54, 1.807) is 11.9 Å². The van der Waals surface area contributed by atoms with Crippen LogP contribution in [0.3, 0.4) is 0 Å². The summed E-state index contributed by atoms with van der Waals surface area (Å²) in [5, 5.41) is 5.96. The minimum absolute atomic E-state index is 0.0639. The molecule has 2 aliphatic heterocycles. The van der Waals surface area contributed by atoms with E-state index in [4.69, 9.17) is 0 Å². The molecule has 168 valence electrons. The zero-order valence-corrected chi connectivity index (χ0v) is 19.6. The lowest BCUT2D eigenvalue weighted by atomic mass is 9.91. The third kappa shape index (κ3) is 4.31. The lowest BCUT2D eigenvalue weighted by molar-refractivity contribution is -0.138. The fourth-order valence-electron chi connectivity index (χ4n) is 4.41. The van der Waals surface area contributed by atoms with Crippen molar-refractivity contribution in [3.8, 4) is 0 Å². The Bertz CT molecular complexity index is 935. The summed E-state index contributed by atoms with van der Waals surface area (Å²) in [5.41, 5.74) is 4.26. The monoisotopic (exact) mass is 426 g/mol. The van der Waals surface area contributed by atoms with Gasteiger partial charge in [0.1, 0.15) is 6.04 Å². The molecular weight excluding hydrogens is 392 g/mol. The molecule has 1 aromatic rings. The van der Waals surface area contributed by atoms with Crippen LogP contribution in [0.4, 0.5) is 4.79 Å². The predicted octanol–water partition coefficient (Wildman–Crippen LogP) is 2.89. The molecule has 31 heavy (non-hydrogen) atoms. The number of hydrogen-bond acceptors (Lipinski definition) is 3. The van der Waals surface area contributed by atoms with E-state index in [9.17, 15) is 14.4 Å². The molecule has 2 atom stereocenters. The Kier molecular flexibility index (Phi) is 6.43. The van der Waals surface area contributed by atoms with Gasteiger partial charge in [0.15, 0.2) is 0 Å². The first-order chi connectivity index (χ1) is 14.5. The lowest BCUT2D eigenvalue weighted by Gasteiger charge is -2.31. The Morgan fingerprint density at radius 1 is 1.19 bits per heavy atom. The van der Waals surface area contributed by atoms with Gasteiger partial charge >= 0.3 is 6.03 Å². The molecule has 3 rings (SSSR count). The van der Waals surface area contributed by atoms with Crippen LogP contribution in [0, 0.1) is 25.7 Å². The van der Waals surface area contributed by atoms with Crippen LogP contribution in [-0.4, -0.2) is 53.8 Å². The van der Waals surface area contributed by atoms with Gasteiger partial charge in [0.05, 0.1) is 23.9 Å². The van der Waals surface area contributed by atoms with Crippen LogP contribution in [0.2, 0.25) is 0 Å². The number of hydrogen-bond donors (Lipinski definition) is 2. The van der Waals surface area contributed by atoms with Crippen molar-refractivity contribution in [3.63, 3.8) is 0 Å². The smallest absolute Gasteiger partial charge is 0.322 e. The number of likely N-dealkylation sites (N-methyl/N-ethyl adjacent to an activating group) is 1. The van der Waals surface area contributed by atoms with Gasteiger partial charge in [-0.15, -0.1) is 0 Å². The Morgan fingerprint density at radius 3 is 2.45 bits per heavy atom. The molecule has 0 bridgehead atoms. The third-order valence-electron chi connectivity index (χ3n) is 6.05. The number of amides is 4. The molecule has 0 radical (unpaired) electrons. The summed E-state index contributed by atoms with van der Waals surface area (Å²) < 4.78 is 0. The minimum Gasteiger partial charge on any atom is -0.354 e. The van der Waals surface area contributed by atoms with Crippen molar-refractivity contribution in [2.45, 2.75) is 53.6 Å². The SMILES string of the molecule is Cc1ccc([C@@H]2NC(=O)N(C)C3=C2C(=O)N([C@@H](C(=O)NCC(C)C)C(C)C)C3)c(C)c1. The fraction of sp³-hybridized carbons (Fsp3) is 0.542. The van der Waals surface area contributed by atoms with E-state index in [1.165, 1.54) is 4.90 Å². The highest BCUT2D eigenvalue weighted by Crippen LogP contribution is 2.38. The molecule has 2 aliphatic rings. The topological polar surface area (TPSA) is 81.8 Å². The van der Waals surface area contributed by atoms with Gasteiger partial charge in [0.25, 0.3) is 5.91 Å². The van der Waals surface area contributed by atoms with Crippen molar-refractivity contribution < 1.29 is 14.4 Å². The molecule has 0 saturated carbocycles. The molecule has 0 fully saturated rings. The number of carbonyl (C=O) groups is 3. The Balaban J connectivity index is 1.98. The summed E-state index contributed by atoms with van der Waals surface area (Å²) in [6.07, 6.45) is 0. The van der Waals surface area contributed by atoms with Gasteiger partial charge in [-0.25, -0.2) is 4.79 Å². The molecule has 7 heteroatoms. The normalized spacial score (nSPS) is 19.8. The number of nitrogens with zero attached hydrogens (tertiary/aromatic N) is 2. The van der Waals surface area contributed by atoms with E-state index in [0.29, 0.717) is 23.7 Å². The van der Waals surface area contributed by atoms with Crippen molar-refractivity contribution in [1.82, 2.24) is 20.4 Å². The average molecular weight is 427 g/mol. The minimum atomic E-state index is -0.597. The van der Waals surface area contributed by atoms with Crippen LogP contribution < -0.4 is 10.6 Å². The number of carbonyl (C=O) groups excluding carboxylic acids is 3. The Labute approximate surface area is 184 Å². The average Bonchev–Trinajstić information content (AvgIpc) is 3.01. The highest BCUT2D eigenvalue weighted by molar-refractivity contribution is 6.03. The van der Waals surface area contributed by atoms with Gasteiger partial charge < -0.3 is 15.5 Å². The molecule has 0 aliphatic carbocycles. The highest BCUT2D eigenvalue weighted by Gasteiger charge is 2.47. The second kappa shape index (κ2) is 8.73. The molecule has 0 saturated heterocycles. The van der Waals surface area contributed by atoms with Gasteiger partial charge in [-0.1, -0.05) is 51.5 Å². The standard InChI is InChI=1S/C24H34N4O3/c1-13(2)11-25-22(29)21(14(3)4)28-12-18-19(23(28)30)20(26-24(31)27(18)7)17-9-8-15(5)10-16(17)6/h8-10,13-14,20-21H,11-12H2,1-7H3,(H,25,29)(H,26,31)/t20-,21+/m0/s1. The van der Waals surface area contributed by atoms with Crippen LogP contribution in [0.25, 0.3) is 0 Å². The largest absolute Gasteiger partial charge is 0.354 e. The van der Waals surface area contributed by atoms with Crippen LogP contribution in [0.15, 0.2) is 29.5 Å². The summed E-state index contributed by atoms with van der Waals surface area (Å²) in [5.74, 6) is -0.0858. The van der Waals surface area contributed by atoms with E-state index in [2.05, 4.69) is 10.6 Å². The number of benzene rings is 1. The Morgan fingerprint density at radius 2 is 1.87 bits per heavy atom. The number of urea groups is 1. The number of nitrogens with one attached hydrogen (secondary N) is 2. The first-order valence-corrected chi connectivity index (χ1v) is 11.0. The summed E-state index contributed by atoms with van der Waals surface area (Å²) in [4.78, 5) is 42.5. The highest BCUT2D eigenvalue weighted by atomic mass is 16.2. The third-order valence-corrected chi connectivity index (χ3v) is 6.05. The second-order valence-corrected chi connectivity index (χ2v) is 9.42. The number of aryl methyl sites for hydroxylation is 2. The van der Waals surface area contributed by atoms with E-state index in [0.717, 1.165) is 16.7 Å². The zero-order chi connectivity index (χ0) is 23.0. The zero-order valence-electron chi connectivity index (χ0n) is 19.6. The molecule has 0 aromatic heterocycles. The molecule has 1 aromatic carbocycles. The lowest BCUT2D eigenvalue weighted by Crippen LogP contribution is -2.52.